The first-order valence-electron chi connectivity index (χ1n) is 5.05. The Kier molecular flexibility index (Phi) is 2.79. The maximum Gasteiger partial charge on any atom is 0.103 e. The van der Waals surface area contributed by atoms with Gasteiger partial charge < -0.3 is 4.98 Å². The smallest absolute Gasteiger partial charge is 0.103 e. The molecule has 1 heterocycles. The maximum atomic E-state index is 5.11. The molecule has 0 amide bonds. The summed E-state index contributed by atoms with van der Waals surface area (Å²) in [7, 11) is 0. The lowest BCUT2D eigenvalue weighted by Crippen LogP contribution is -2.06. The van der Waals surface area contributed by atoms with Crippen LogP contribution in [-0.4, -0.2) is 4.98 Å². The summed E-state index contributed by atoms with van der Waals surface area (Å²) in [5.74, 6) is 0.733. The zero-order valence-corrected chi connectivity index (χ0v) is 8.57. The van der Waals surface area contributed by atoms with Crippen LogP contribution in [0, 0.1) is 4.64 Å². The van der Waals surface area contributed by atoms with Crippen molar-refractivity contribution in [2.45, 2.75) is 38.0 Å². The van der Waals surface area contributed by atoms with Gasteiger partial charge in [-0.05, 0) is 30.9 Å². The minimum Gasteiger partial charge on any atom is -0.350 e. The van der Waals surface area contributed by atoms with Crippen molar-refractivity contribution in [2.75, 3.05) is 0 Å². The van der Waals surface area contributed by atoms with Gasteiger partial charge in [-0.15, -0.1) is 0 Å². The van der Waals surface area contributed by atoms with Crippen molar-refractivity contribution in [3.63, 3.8) is 0 Å². The molecule has 0 radical (unpaired) electrons. The average molecular weight is 193 g/mol. The van der Waals surface area contributed by atoms with Crippen LogP contribution in [0.1, 0.15) is 43.7 Å². The second-order valence-corrected chi connectivity index (χ2v) is 4.25. The van der Waals surface area contributed by atoms with E-state index in [4.69, 9.17) is 12.2 Å². The second-order valence-electron chi connectivity index (χ2n) is 3.81. The average Bonchev–Trinajstić information content (AvgIpc) is 2.19. The molecule has 0 bridgehead atoms. The summed E-state index contributed by atoms with van der Waals surface area (Å²) < 4.78 is 0.864. The van der Waals surface area contributed by atoms with Gasteiger partial charge in [0.25, 0.3) is 0 Å². The molecule has 0 saturated heterocycles. The second kappa shape index (κ2) is 4.05. The van der Waals surface area contributed by atoms with E-state index in [1.807, 2.05) is 6.07 Å². The van der Waals surface area contributed by atoms with E-state index in [-0.39, 0.29) is 0 Å². The van der Waals surface area contributed by atoms with Gasteiger partial charge in [0.15, 0.2) is 0 Å². The first-order chi connectivity index (χ1) is 6.36. The summed E-state index contributed by atoms with van der Waals surface area (Å²) in [6.07, 6.45) is 6.81. The van der Waals surface area contributed by atoms with Gasteiger partial charge >= 0.3 is 0 Å². The van der Waals surface area contributed by atoms with Crippen LogP contribution in [-0.2, 0) is 0 Å². The van der Waals surface area contributed by atoms with E-state index in [0.29, 0.717) is 0 Å². The van der Waals surface area contributed by atoms with Crippen LogP contribution in [0.2, 0.25) is 0 Å². The number of nitrogens with one attached hydrogen (secondary N) is 1. The van der Waals surface area contributed by atoms with Gasteiger partial charge in [-0.25, -0.2) is 0 Å². The number of H-pyrrole nitrogens is 1. The monoisotopic (exact) mass is 193 g/mol. The molecular weight excluding hydrogens is 178 g/mol. The molecule has 0 aliphatic heterocycles. The molecule has 13 heavy (non-hydrogen) atoms. The highest BCUT2D eigenvalue weighted by Gasteiger charge is 2.15. The highest BCUT2D eigenvalue weighted by Crippen LogP contribution is 2.31. The lowest BCUT2D eigenvalue weighted by Gasteiger charge is -2.21. The molecule has 1 aliphatic carbocycles. The van der Waals surface area contributed by atoms with E-state index in [1.165, 1.54) is 37.8 Å². The number of pyridine rings is 1. The van der Waals surface area contributed by atoms with Crippen molar-refractivity contribution in [3.8, 4) is 0 Å². The quantitative estimate of drug-likeness (QED) is 0.671. The molecule has 1 N–H and O–H groups in total. The van der Waals surface area contributed by atoms with Crippen molar-refractivity contribution in [1.82, 2.24) is 4.98 Å². The fraction of sp³-hybridized carbons (Fsp3) is 0.545. The zero-order chi connectivity index (χ0) is 9.10. The fourth-order valence-electron chi connectivity index (χ4n) is 2.12. The van der Waals surface area contributed by atoms with Crippen molar-refractivity contribution in [3.05, 3.63) is 28.5 Å². The largest absolute Gasteiger partial charge is 0.350 e. The van der Waals surface area contributed by atoms with Crippen LogP contribution in [0.25, 0.3) is 0 Å². The normalized spacial score (nSPS) is 18.8. The zero-order valence-electron chi connectivity index (χ0n) is 7.75. The standard InChI is InChI=1S/C11H15NS/c13-11-8-4-7-10(12-11)9-5-2-1-3-6-9/h4,7-9H,1-3,5-6H2,(H,12,13). The third kappa shape index (κ3) is 2.19. The van der Waals surface area contributed by atoms with E-state index in [1.54, 1.807) is 0 Å². The summed E-state index contributed by atoms with van der Waals surface area (Å²) in [6, 6.07) is 6.18. The molecule has 0 unspecified atom stereocenters. The van der Waals surface area contributed by atoms with Crippen LogP contribution < -0.4 is 0 Å². The molecule has 1 fully saturated rings. The van der Waals surface area contributed by atoms with Gasteiger partial charge in [0.05, 0.1) is 0 Å². The minimum absolute atomic E-state index is 0.733. The van der Waals surface area contributed by atoms with Gasteiger partial charge in [-0.3, -0.25) is 0 Å². The van der Waals surface area contributed by atoms with Crippen molar-refractivity contribution in [2.24, 2.45) is 0 Å². The van der Waals surface area contributed by atoms with E-state index in [9.17, 15) is 0 Å². The Balaban J connectivity index is 2.19. The SMILES string of the molecule is S=c1cccc(C2CCCCC2)[nH]1. The molecule has 70 valence electrons. The summed E-state index contributed by atoms with van der Waals surface area (Å²) in [5, 5.41) is 0. The fourth-order valence-corrected chi connectivity index (χ4v) is 2.31. The third-order valence-corrected chi connectivity index (χ3v) is 3.07. The predicted octanol–water partition coefficient (Wildman–Crippen LogP) is 3.79. The third-order valence-electron chi connectivity index (χ3n) is 2.84. The molecule has 1 aliphatic rings. The van der Waals surface area contributed by atoms with Crippen LogP contribution in [0.4, 0.5) is 0 Å². The van der Waals surface area contributed by atoms with Gasteiger partial charge in [0.1, 0.15) is 4.64 Å². The van der Waals surface area contributed by atoms with Crippen molar-refractivity contribution < 1.29 is 0 Å². The van der Waals surface area contributed by atoms with Crippen LogP contribution in [0.3, 0.4) is 0 Å². The minimum atomic E-state index is 0.733. The Morgan fingerprint density at radius 3 is 2.62 bits per heavy atom. The van der Waals surface area contributed by atoms with Gasteiger partial charge in [-0.2, -0.15) is 0 Å². The Morgan fingerprint density at radius 1 is 1.15 bits per heavy atom. The predicted molar refractivity (Wildman–Crippen MR) is 57.5 cm³/mol. The number of rotatable bonds is 1. The van der Waals surface area contributed by atoms with E-state index in [2.05, 4.69) is 17.1 Å². The van der Waals surface area contributed by atoms with Gasteiger partial charge in [-0.1, -0.05) is 37.5 Å². The number of hydrogen-bond acceptors (Lipinski definition) is 1. The topological polar surface area (TPSA) is 15.8 Å². The molecule has 1 aromatic rings. The molecule has 1 aromatic heterocycles. The molecule has 2 rings (SSSR count). The van der Waals surface area contributed by atoms with Crippen molar-refractivity contribution in [1.29, 1.82) is 0 Å². The van der Waals surface area contributed by atoms with Crippen LogP contribution >= 0.6 is 12.2 Å². The van der Waals surface area contributed by atoms with Gasteiger partial charge in [0.2, 0.25) is 0 Å². The summed E-state index contributed by atoms with van der Waals surface area (Å²) >= 11 is 5.11. The molecule has 0 spiro atoms. The van der Waals surface area contributed by atoms with Crippen LogP contribution in [0.5, 0.6) is 0 Å². The molecule has 1 nitrogen and oxygen atoms in total. The summed E-state index contributed by atoms with van der Waals surface area (Å²) in [6.45, 7) is 0. The maximum absolute atomic E-state index is 5.11. The first kappa shape index (κ1) is 8.95. The van der Waals surface area contributed by atoms with Crippen molar-refractivity contribution >= 4 is 12.2 Å². The van der Waals surface area contributed by atoms with Crippen LogP contribution in [0.15, 0.2) is 18.2 Å². The number of aromatic amines is 1. The first-order valence-corrected chi connectivity index (χ1v) is 5.46. The van der Waals surface area contributed by atoms with E-state index >= 15 is 0 Å². The summed E-state index contributed by atoms with van der Waals surface area (Å²) in [4.78, 5) is 3.29. The lowest BCUT2D eigenvalue weighted by molar-refractivity contribution is 0.436. The Hall–Kier alpha value is -0.630. The highest BCUT2D eigenvalue weighted by atomic mass is 32.1. The molecule has 0 atom stereocenters. The van der Waals surface area contributed by atoms with E-state index in [0.717, 1.165) is 10.6 Å². The highest BCUT2D eigenvalue weighted by molar-refractivity contribution is 7.71. The molecule has 0 aromatic carbocycles. The molecular formula is C11H15NS. The number of aromatic nitrogens is 1. The molecule has 1 saturated carbocycles. The Morgan fingerprint density at radius 2 is 1.92 bits per heavy atom. The van der Waals surface area contributed by atoms with E-state index < -0.39 is 0 Å². The lowest BCUT2D eigenvalue weighted by atomic mass is 9.87. The summed E-state index contributed by atoms with van der Waals surface area (Å²) in [5.41, 5.74) is 1.34. The van der Waals surface area contributed by atoms with Gasteiger partial charge in [0, 0.05) is 5.69 Å². The number of hydrogen-bond donors (Lipinski definition) is 1. The molecule has 2 heteroatoms. The Labute approximate surface area is 84.2 Å². The Bertz CT molecular complexity index is 323.